The molecule has 3 aromatic carbocycles. The summed E-state index contributed by atoms with van der Waals surface area (Å²) in [6.07, 6.45) is 1.09. The third kappa shape index (κ3) is 3.38. The normalized spacial score (nSPS) is 19.5. The van der Waals surface area contributed by atoms with E-state index in [4.69, 9.17) is 13.9 Å². The molecule has 0 saturated carbocycles. The summed E-state index contributed by atoms with van der Waals surface area (Å²) < 4.78 is 17.8. The summed E-state index contributed by atoms with van der Waals surface area (Å²) in [4.78, 5) is 28.1. The highest BCUT2D eigenvalue weighted by Gasteiger charge is 2.61. The van der Waals surface area contributed by atoms with Gasteiger partial charge >= 0.3 is 0 Å². The summed E-state index contributed by atoms with van der Waals surface area (Å²) in [6.45, 7) is 0. The third-order valence-electron chi connectivity index (χ3n) is 5.59. The molecule has 2 unspecified atom stereocenters. The molecule has 158 valence electrons. The molecule has 5 nitrogen and oxygen atoms in total. The van der Waals surface area contributed by atoms with Gasteiger partial charge in [0.05, 0.1) is 12.5 Å². The van der Waals surface area contributed by atoms with Crippen LogP contribution >= 0.6 is 0 Å². The topological polar surface area (TPSA) is 65.7 Å². The number of carbonyl (C=O) groups is 2. The van der Waals surface area contributed by atoms with Crippen LogP contribution in [0.5, 0.6) is 0 Å². The average molecular weight is 424 g/mol. The third-order valence-corrected chi connectivity index (χ3v) is 5.59. The second kappa shape index (κ2) is 8.38. The SMILES string of the molecule is O=C(c1ccccc1)C1(C(=O)c2ccccc2)OC(c2ccoc2)OC1c1ccccc1. The molecule has 5 heteroatoms. The first-order valence-electron chi connectivity index (χ1n) is 10.3. The Labute approximate surface area is 185 Å². The van der Waals surface area contributed by atoms with Crippen LogP contribution in [-0.2, 0) is 9.47 Å². The maximum atomic E-state index is 14.0. The fourth-order valence-corrected chi connectivity index (χ4v) is 4.03. The number of hydrogen-bond donors (Lipinski definition) is 0. The molecule has 0 spiro atoms. The molecule has 32 heavy (non-hydrogen) atoms. The van der Waals surface area contributed by atoms with Crippen molar-refractivity contribution in [2.24, 2.45) is 0 Å². The van der Waals surface area contributed by atoms with Gasteiger partial charge in [0.15, 0.2) is 6.29 Å². The first-order valence-corrected chi connectivity index (χ1v) is 10.3. The minimum atomic E-state index is -1.91. The van der Waals surface area contributed by atoms with E-state index in [1.165, 1.54) is 12.5 Å². The summed E-state index contributed by atoms with van der Waals surface area (Å²) in [6, 6.07) is 28.3. The lowest BCUT2D eigenvalue weighted by Gasteiger charge is -2.30. The van der Waals surface area contributed by atoms with Crippen LogP contribution in [0.3, 0.4) is 0 Å². The molecule has 0 radical (unpaired) electrons. The van der Waals surface area contributed by atoms with E-state index in [0.29, 0.717) is 22.3 Å². The van der Waals surface area contributed by atoms with E-state index >= 15 is 0 Å². The lowest BCUT2D eigenvalue weighted by Crippen LogP contribution is -2.50. The van der Waals surface area contributed by atoms with Crippen LogP contribution in [0.2, 0.25) is 0 Å². The van der Waals surface area contributed by atoms with Crippen molar-refractivity contribution in [3.8, 4) is 0 Å². The summed E-state index contributed by atoms with van der Waals surface area (Å²) in [7, 11) is 0. The lowest BCUT2D eigenvalue weighted by molar-refractivity contribution is -0.0771. The maximum absolute atomic E-state index is 14.0. The second-order valence-electron chi connectivity index (χ2n) is 7.56. The molecule has 2 heterocycles. The molecule has 1 aromatic heterocycles. The van der Waals surface area contributed by atoms with Crippen LogP contribution in [0.25, 0.3) is 0 Å². The second-order valence-corrected chi connectivity index (χ2v) is 7.56. The van der Waals surface area contributed by atoms with Gasteiger partial charge in [-0.05, 0) is 11.6 Å². The van der Waals surface area contributed by atoms with Gasteiger partial charge in [-0.15, -0.1) is 0 Å². The van der Waals surface area contributed by atoms with Gasteiger partial charge < -0.3 is 13.9 Å². The first-order chi connectivity index (χ1) is 15.7. The Morgan fingerprint density at radius 2 is 1.19 bits per heavy atom. The average Bonchev–Trinajstić information content (AvgIpc) is 3.54. The molecular weight excluding hydrogens is 404 g/mol. The molecule has 1 saturated heterocycles. The maximum Gasteiger partial charge on any atom is 0.226 e. The predicted octanol–water partition coefficient (Wildman–Crippen LogP) is 5.57. The minimum absolute atomic E-state index is 0.370. The van der Waals surface area contributed by atoms with Crippen molar-refractivity contribution in [1.29, 1.82) is 0 Å². The van der Waals surface area contributed by atoms with E-state index in [0.717, 1.165) is 0 Å². The van der Waals surface area contributed by atoms with Crippen LogP contribution in [0, 0.1) is 0 Å². The smallest absolute Gasteiger partial charge is 0.226 e. The number of hydrogen-bond acceptors (Lipinski definition) is 5. The Hall–Kier alpha value is -3.80. The van der Waals surface area contributed by atoms with Gasteiger partial charge in [-0.25, -0.2) is 0 Å². The fraction of sp³-hybridized carbons (Fsp3) is 0.111. The van der Waals surface area contributed by atoms with Crippen molar-refractivity contribution in [1.82, 2.24) is 0 Å². The van der Waals surface area contributed by atoms with Gasteiger partial charge in [-0.3, -0.25) is 9.59 Å². The molecule has 4 aromatic rings. The number of rotatable bonds is 6. The van der Waals surface area contributed by atoms with Gasteiger partial charge in [0.1, 0.15) is 6.10 Å². The number of furan rings is 1. The Morgan fingerprint density at radius 1 is 0.656 bits per heavy atom. The summed E-state index contributed by atoms with van der Waals surface area (Å²) in [5.74, 6) is -0.904. The van der Waals surface area contributed by atoms with Crippen molar-refractivity contribution < 1.29 is 23.5 Å². The number of ether oxygens (including phenoxy) is 2. The summed E-state index contributed by atoms with van der Waals surface area (Å²) >= 11 is 0. The Bertz CT molecular complexity index is 1150. The van der Waals surface area contributed by atoms with Crippen LogP contribution in [0.1, 0.15) is 44.2 Å². The Morgan fingerprint density at radius 3 is 1.69 bits per heavy atom. The van der Waals surface area contributed by atoms with Gasteiger partial charge in [-0.1, -0.05) is 91.0 Å². The van der Waals surface area contributed by atoms with Crippen LogP contribution < -0.4 is 0 Å². The number of ketones is 2. The molecule has 1 aliphatic heterocycles. The first kappa shape index (κ1) is 20.1. The largest absolute Gasteiger partial charge is 0.472 e. The monoisotopic (exact) mass is 424 g/mol. The van der Waals surface area contributed by atoms with E-state index in [1.54, 1.807) is 54.6 Å². The number of carbonyl (C=O) groups excluding carboxylic acids is 2. The highest BCUT2D eigenvalue weighted by molar-refractivity contribution is 6.23. The van der Waals surface area contributed by atoms with Crippen molar-refractivity contribution in [2.75, 3.05) is 0 Å². The molecule has 0 bridgehead atoms. The van der Waals surface area contributed by atoms with Crippen molar-refractivity contribution in [2.45, 2.75) is 18.0 Å². The Kier molecular flexibility index (Phi) is 5.27. The number of Topliss-reactive ketones (excluding diaryl/α,β-unsaturated/α-hetero) is 2. The van der Waals surface area contributed by atoms with Gasteiger partial charge in [0.2, 0.25) is 17.2 Å². The van der Waals surface area contributed by atoms with E-state index in [1.807, 2.05) is 42.5 Å². The molecule has 5 rings (SSSR count). The molecule has 1 aliphatic rings. The van der Waals surface area contributed by atoms with Crippen LogP contribution in [0.15, 0.2) is 114 Å². The van der Waals surface area contributed by atoms with Crippen molar-refractivity contribution in [3.63, 3.8) is 0 Å². The zero-order valence-corrected chi connectivity index (χ0v) is 17.1. The standard InChI is InChI=1S/C27H20O5/c28-23(19-10-4-1-5-11-19)27(24(29)20-12-6-2-7-13-20)25(21-14-8-3-9-15-21)31-26(32-27)22-16-17-30-18-22/h1-18,25-26H. The molecule has 2 atom stereocenters. The highest BCUT2D eigenvalue weighted by atomic mass is 16.7. The zero-order valence-electron chi connectivity index (χ0n) is 17.1. The van der Waals surface area contributed by atoms with Gasteiger partial charge in [0.25, 0.3) is 0 Å². The van der Waals surface area contributed by atoms with Gasteiger partial charge in [0, 0.05) is 16.7 Å². The molecule has 0 amide bonds. The van der Waals surface area contributed by atoms with E-state index in [2.05, 4.69) is 0 Å². The molecule has 0 aliphatic carbocycles. The predicted molar refractivity (Wildman–Crippen MR) is 117 cm³/mol. The lowest BCUT2D eigenvalue weighted by atomic mass is 9.78. The zero-order chi connectivity index (χ0) is 22.0. The van der Waals surface area contributed by atoms with Crippen LogP contribution in [-0.4, -0.2) is 17.2 Å². The molecular formula is C27H20O5. The molecule has 0 N–H and O–H groups in total. The number of benzene rings is 3. The minimum Gasteiger partial charge on any atom is -0.472 e. The fourth-order valence-electron chi connectivity index (χ4n) is 4.03. The van der Waals surface area contributed by atoms with Crippen molar-refractivity contribution >= 4 is 11.6 Å². The van der Waals surface area contributed by atoms with E-state index in [9.17, 15) is 9.59 Å². The van der Waals surface area contributed by atoms with Gasteiger partial charge in [-0.2, -0.15) is 0 Å². The van der Waals surface area contributed by atoms with Crippen molar-refractivity contribution in [3.05, 3.63) is 132 Å². The molecule has 1 fully saturated rings. The van der Waals surface area contributed by atoms with E-state index in [-0.39, 0.29) is 0 Å². The Balaban J connectivity index is 1.71. The van der Waals surface area contributed by atoms with Crippen LogP contribution in [0.4, 0.5) is 0 Å². The highest BCUT2D eigenvalue weighted by Crippen LogP contribution is 2.50. The van der Waals surface area contributed by atoms with E-state index < -0.39 is 29.6 Å². The summed E-state index contributed by atoms with van der Waals surface area (Å²) in [5, 5.41) is 0. The summed E-state index contributed by atoms with van der Waals surface area (Å²) in [5.41, 5.74) is 0.0938. The quantitative estimate of drug-likeness (QED) is 0.299.